The van der Waals surface area contributed by atoms with Crippen molar-refractivity contribution >= 4 is 33.5 Å². The molecule has 1 aromatic carbocycles. The predicted octanol–water partition coefficient (Wildman–Crippen LogP) is 1.09. The molecule has 1 heterocycles. The fourth-order valence-electron chi connectivity index (χ4n) is 1.07. The number of H-pyrrole nitrogens is 1. The van der Waals surface area contributed by atoms with E-state index in [2.05, 4.69) is 32.0 Å². The second-order valence-corrected chi connectivity index (χ2v) is 3.74. The average Bonchev–Trinajstić information content (AvgIpc) is 2.02. The number of benzene rings is 1. The number of aromatic amines is 1. The summed E-state index contributed by atoms with van der Waals surface area (Å²) >= 11 is 2.10. The van der Waals surface area contributed by atoms with Gasteiger partial charge >= 0.3 is 11.4 Å². The second kappa shape index (κ2) is 2.99. The van der Waals surface area contributed by atoms with Crippen LogP contribution in [0.1, 0.15) is 0 Å². The van der Waals surface area contributed by atoms with Gasteiger partial charge in [0.15, 0.2) is 0 Å². The lowest BCUT2D eigenvalue weighted by atomic mass is 10.2. The number of hydrogen-bond donors (Lipinski definition) is 1. The first-order valence-electron chi connectivity index (χ1n) is 3.49. The monoisotopic (exact) mass is 289 g/mol. The third kappa shape index (κ3) is 1.51. The Morgan fingerprint density at radius 3 is 2.85 bits per heavy atom. The molecule has 2 rings (SSSR count). The molecule has 4 nitrogen and oxygen atoms in total. The van der Waals surface area contributed by atoms with Crippen LogP contribution in [0.25, 0.3) is 10.9 Å². The molecule has 66 valence electrons. The zero-order chi connectivity index (χ0) is 9.42. The highest BCUT2D eigenvalue weighted by molar-refractivity contribution is 14.1. The maximum atomic E-state index is 11.1. The van der Waals surface area contributed by atoms with Gasteiger partial charge < -0.3 is 4.42 Å². The van der Waals surface area contributed by atoms with Gasteiger partial charge in [-0.25, -0.2) is 9.59 Å². The first-order valence-corrected chi connectivity index (χ1v) is 4.57. The van der Waals surface area contributed by atoms with Gasteiger partial charge in [-0.3, -0.25) is 4.98 Å². The molecule has 0 aliphatic carbocycles. The Hall–Kier alpha value is -1.11. The first-order chi connectivity index (χ1) is 6.16. The van der Waals surface area contributed by atoms with Crippen LogP contribution in [0.2, 0.25) is 0 Å². The maximum absolute atomic E-state index is 11.1. The number of hydrogen-bond acceptors (Lipinski definition) is 3. The fourth-order valence-corrected chi connectivity index (χ4v) is 1.56. The van der Waals surface area contributed by atoms with E-state index >= 15 is 0 Å². The highest BCUT2D eigenvalue weighted by Crippen LogP contribution is 2.10. The van der Waals surface area contributed by atoms with Gasteiger partial charge in [-0.1, -0.05) is 0 Å². The number of halogens is 1. The highest BCUT2D eigenvalue weighted by Gasteiger charge is 2.01. The van der Waals surface area contributed by atoms with E-state index in [0.717, 1.165) is 3.57 Å². The van der Waals surface area contributed by atoms with Gasteiger partial charge in [0.1, 0.15) is 0 Å². The van der Waals surface area contributed by atoms with Gasteiger partial charge in [0.25, 0.3) is 0 Å². The summed E-state index contributed by atoms with van der Waals surface area (Å²) in [6.45, 7) is 0. The molecule has 0 aliphatic rings. The molecule has 0 radical (unpaired) electrons. The van der Waals surface area contributed by atoms with Crippen LogP contribution in [0.3, 0.4) is 0 Å². The SMILES string of the molecule is O=c1[nH]c2cc(I)ccc2c(=O)o1. The number of fused-ring (bicyclic) bond motifs is 1. The van der Waals surface area contributed by atoms with Crippen LogP contribution in [0.4, 0.5) is 0 Å². The van der Waals surface area contributed by atoms with Crippen molar-refractivity contribution in [3.63, 3.8) is 0 Å². The van der Waals surface area contributed by atoms with Crippen molar-refractivity contribution in [2.45, 2.75) is 0 Å². The lowest BCUT2D eigenvalue weighted by molar-refractivity contribution is 0.460. The molecule has 0 unspecified atom stereocenters. The van der Waals surface area contributed by atoms with Gasteiger partial charge in [0.2, 0.25) is 0 Å². The third-order valence-corrected chi connectivity index (χ3v) is 2.29. The predicted molar refractivity (Wildman–Crippen MR) is 55.8 cm³/mol. The minimum absolute atomic E-state index is 0.389. The van der Waals surface area contributed by atoms with Gasteiger partial charge in [-0.15, -0.1) is 0 Å². The standard InChI is InChI=1S/C8H4INO3/c9-4-1-2-5-6(3-4)10-8(12)13-7(5)11/h1-3H,(H,10,12). The maximum Gasteiger partial charge on any atom is 0.419 e. The normalized spacial score (nSPS) is 10.5. The topological polar surface area (TPSA) is 63.1 Å². The molecule has 0 aliphatic heterocycles. The third-order valence-electron chi connectivity index (χ3n) is 1.62. The minimum atomic E-state index is -0.723. The average molecular weight is 289 g/mol. The molecule has 13 heavy (non-hydrogen) atoms. The van der Waals surface area contributed by atoms with Crippen LogP contribution >= 0.6 is 22.6 Å². The van der Waals surface area contributed by atoms with Crippen LogP contribution in [0, 0.1) is 3.57 Å². The van der Waals surface area contributed by atoms with E-state index in [4.69, 9.17) is 0 Å². The quantitative estimate of drug-likeness (QED) is 0.738. The van der Waals surface area contributed by atoms with Crippen molar-refractivity contribution in [2.24, 2.45) is 0 Å². The summed E-state index contributed by atoms with van der Waals surface area (Å²) < 4.78 is 5.31. The Morgan fingerprint density at radius 1 is 1.31 bits per heavy atom. The number of aromatic nitrogens is 1. The molecule has 2 aromatic rings. The molecule has 5 heteroatoms. The molecule has 1 N–H and O–H groups in total. The molecular formula is C8H4INO3. The molecule has 1 aromatic heterocycles. The molecule has 0 bridgehead atoms. The van der Waals surface area contributed by atoms with Gasteiger partial charge in [0, 0.05) is 3.57 Å². The molecule has 0 amide bonds. The van der Waals surface area contributed by atoms with Crippen LogP contribution in [0.15, 0.2) is 32.2 Å². The summed E-state index contributed by atoms with van der Waals surface area (Å²) in [7, 11) is 0. The lowest BCUT2D eigenvalue weighted by Gasteiger charge is -1.94. The zero-order valence-electron chi connectivity index (χ0n) is 6.33. The van der Waals surface area contributed by atoms with Crippen LogP contribution in [0.5, 0.6) is 0 Å². The largest absolute Gasteiger partial charge is 0.419 e. The van der Waals surface area contributed by atoms with E-state index in [-0.39, 0.29) is 0 Å². The molecule has 0 fully saturated rings. The molecule has 0 saturated heterocycles. The van der Waals surface area contributed by atoms with Crippen molar-refractivity contribution in [3.05, 3.63) is 42.7 Å². The van der Waals surface area contributed by atoms with Gasteiger partial charge in [-0.2, -0.15) is 0 Å². The van der Waals surface area contributed by atoms with E-state index in [1.807, 2.05) is 0 Å². The summed E-state index contributed by atoms with van der Waals surface area (Å²) in [6, 6.07) is 5.12. The van der Waals surface area contributed by atoms with Gasteiger partial charge in [-0.05, 0) is 40.8 Å². The zero-order valence-corrected chi connectivity index (χ0v) is 8.49. The first kappa shape index (κ1) is 8.49. The number of nitrogens with one attached hydrogen (secondary N) is 1. The van der Waals surface area contributed by atoms with E-state index in [0.29, 0.717) is 10.9 Å². The van der Waals surface area contributed by atoms with Gasteiger partial charge in [0.05, 0.1) is 10.9 Å². The van der Waals surface area contributed by atoms with Crippen molar-refractivity contribution in [1.29, 1.82) is 0 Å². The Morgan fingerprint density at radius 2 is 2.08 bits per heavy atom. The van der Waals surface area contributed by atoms with Crippen LogP contribution in [-0.4, -0.2) is 4.98 Å². The Bertz CT molecular complexity index is 569. The fraction of sp³-hybridized carbons (Fsp3) is 0. The lowest BCUT2D eigenvalue weighted by Crippen LogP contribution is -2.14. The Kier molecular flexibility index (Phi) is 1.95. The van der Waals surface area contributed by atoms with Crippen LogP contribution < -0.4 is 11.4 Å². The Labute approximate surface area is 85.7 Å². The van der Waals surface area contributed by atoms with Crippen molar-refractivity contribution < 1.29 is 4.42 Å². The van der Waals surface area contributed by atoms with Crippen molar-refractivity contribution in [1.82, 2.24) is 4.98 Å². The van der Waals surface area contributed by atoms with Crippen LogP contribution in [-0.2, 0) is 0 Å². The van der Waals surface area contributed by atoms with Crippen molar-refractivity contribution in [2.75, 3.05) is 0 Å². The molecule has 0 atom stereocenters. The molecular weight excluding hydrogens is 285 g/mol. The van der Waals surface area contributed by atoms with E-state index in [9.17, 15) is 9.59 Å². The Balaban J connectivity index is 3.03. The number of rotatable bonds is 0. The minimum Gasteiger partial charge on any atom is -0.372 e. The van der Waals surface area contributed by atoms with E-state index in [1.54, 1.807) is 18.2 Å². The summed E-state index contributed by atoms with van der Waals surface area (Å²) in [5.74, 6) is -0.723. The molecule has 0 spiro atoms. The smallest absolute Gasteiger partial charge is 0.372 e. The second-order valence-electron chi connectivity index (χ2n) is 2.49. The summed E-state index contributed by atoms with van der Waals surface area (Å²) in [5, 5.41) is 0.389. The van der Waals surface area contributed by atoms with E-state index in [1.165, 1.54) is 0 Å². The van der Waals surface area contributed by atoms with Crippen molar-refractivity contribution in [3.8, 4) is 0 Å². The summed E-state index contributed by atoms with van der Waals surface area (Å²) in [4.78, 5) is 24.4. The highest BCUT2D eigenvalue weighted by atomic mass is 127. The summed E-state index contributed by atoms with van der Waals surface area (Å²) in [5.41, 5.74) is -0.0942. The summed E-state index contributed by atoms with van der Waals surface area (Å²) in [6.07, 6.45) is 0. The molecule has 0 saturated carbocycles. The van der Waals surface area contributed by atoms with E-state index < -0.39 is 11.4 Å².